The number of pyridine rings is 1. The zero-order chi connectivity index (χ0) is 13.8. The van der Waals surface area contributed by atoms with Gasteiger partial charge in [-0.3, -0.25) is 4.98 Å². The first-order valence-corrected chi connectivity index (χ1v) is 6.77. The summed E-state index contributed by atoms with van der Waals surface area (Å²) in [6.45, 7) is 3.98. The van der Waals surface area contributed by atoms with Gasteiger partial charge in [-0.2, -0.15) is 5.26 Å². The van der Waals surface area contributed by atoms with Gasteiger partial charge >= 0.3 is 0 Å². The molecule has 0 aliphatic rings. The highest BCUT2D eigenvalue weighted by molar-refractivity contribution is 9.10. The molecule has 96 valence electrons. The summed E-state index contributed by atoms with van der Waals surface area (Å²) < 4.78 is 6.68. The van der Waals surface area contributed by atoms with E-state index in [1.54, 1.807) is 12.1 Å². The fourth-order valence-corrected chi connectivity index (χ4v) is 2.10. The molecule has 0 amide bonds. The quantitative estimate of drug-likeness (QED) is 0.844. The number of rotatable bonds is 3. The highest BCUT2D eigenvalue weighted by Crippen LogP contribution is 2.29. The Morgan fingerprint density at radius 3 is 2.68 bits per heavy atom. The van der Waals surface area contributed by atoms with Gasteiger partial charge in [0.15, 0.2) is 0 Å². The van der Waals surface area contributed by atoms with Crippen molar-refractivity contribution in [3.05, 3.63) is 51.8 Å². The zero-order valence-corrected chi connectivity index (χ0v) is 12.4. The highest BCUT2D eigenvalue weighted by Gasteiger charge is 2.09. The number of nitrogens with zero attached hydrogens (tertiary/aromatic N) is 2. The van der Waals surface area contributed by atoms with Crippen molar-refractivity contribution in [2.75, 3.05) is 0 Å². The average molecular weight is 317 g/mol. The SMILES string of the molecule is CCc1nc(C)ccc1Oc1ccc(Br)cc1C#N. The molecule has 0 N–H and O–H groups in total. The number of ether oxygens (including phenoxy) is 1. The Labute approximate surface area is 121 Å². The van der Waals surface area contributed by atoms with Crippen LogP contribution < -0.4 is 4.74 Å². The first-order chi connectivity index (χ1) is 9.13. The molecule has 4 heteroatoms. The monoisotopic (exact) mass is 316 g/mol. The van der Waals surface area contributed by atoms with Crippen molar-refractivity contribution < 1.29 is 4.74 Å². The Morgan fingerprint density at radius 2 is 2.00 bits per heavy atom. The molecule has 1 aromatic heterocycles. The standard InChI is InChI=1S/C15H13BrN2O/c1-3-13-15(6-4-10(2)18-13)19-14-7-5-12(16)8-11(14)9-17/h4-8H,3H2,1-2H3. The summed E-state index contributed by atoms with van der Waals surface area (Å²) in [5.41, 5.74) is 2.35. The molecule has 19 heavy (non-hydrogen) atoms. The maximum Gasteiger partial charge on any atom is 0.148 e. The summed E-state index contributed by atoms with van der Waals surface area (Å²) in [5.74, 6) is 1.25. The molecule has 2 aromatic rings. The van der Waals surface area contributed by atoms with Gasteiger partial charge in [0.1, 0.15) is 17.6 Å². The van der Waals surface area contributed by atoms with Gasteiger partial charge in [0, 0.05) is 10.2 Å². The van der Waals surface area contributed by atoms with Crippen molar-refractivity contribution in [3.8, 4) is 17.6 Å². The van der Waals surface area contributed by atoms with Crippen LogP contribution in [-0.2, 0) is 6.42 Å². The van der Waals surface area contributed by atoms with Crippen molar-refractivity contribution in [2.45, 2.75) is 20.3 Å². The van der Waals surface area contributed by atoms with Gasteiger partial charge in [0.25, 0.3) is 0 Å². The number of benzene rings is 1. The molecule has 0 spiro atoms. The second kappa shape index (κ2) is 5.85. The summed E-state index contributed by atoms with van der Waals surface area (Å²) in [7, 11) is 0. The smallest absolute Gasteiger partial charge is 0.148 e. The van der Waals surface area contributed by atoms with Gasteiger partial charge in [-0.15, -0.1) is 0 Å². The molecule has 1 heterocycles. The van der Waals surface area contributed by atoms with Crippen LogP contribution in [0.25, 0.3) is 0 Å². The maximum absolute atomic E-state index is 9.13. The minimum absolute atomic E-state index is 0.497. The molecule has 0 unspecified atom stereocenters. The van der Waals surface area contributed by atoms with Crippen molar-refractivity contribution in [3.63, 3.8) is 0 Å². The molecule has 3 nitrogen and oxygen atoms in total. The second-order valence-electron chi connectivity index (χ2n) is 4.11. The summed E-state index contributed by atoms with van der Waals surface area (Å²) in [5, 5.41) is 9.13. The van der Waals surface area contributed by atoms with Crippen LogP contribution in [-0.4, -0.2) is 4.98 Å². The number of aromatic nitrogens is 1. The van der Waals surface area contributed by atoms with E-state index in [0.29, 0.717) is 17.1 Å². The zero-order valence-electron chi connectivity index (χ0n) is 10.8. The van der Waals surface area contributed by atoms with E-state index in [1.165, 1.54) is 0 Å². The molecule has 0 radical (unpaired) electrons. The van der Waals surface area contributed by atoms with Crippen LogP contribution in [0.5, 0.6) is 11.5 Å². The molecular weight excluding hydrogens is 304 g/mol. The van der Waals surface area contributed by atoms with Crippen molar-refractivity contribution >= 4 is 15.9 Å². The third-order valence-electron chi connectivity index (χ3n) is 2.69. The van der Waals surface area contributed by atoms with Gasteiger partial charge in [0.05, 0.1) is 11.3 Å². The van der Waals surface area contributed by atoms with E-state index in [1.807, 2.05) is 32.0 Å². The number of hydrogen-bond acceptors (Lipinski definition) is 3. The number of nitriles is 1. The van der Waals surface area contributed by atoms with E-state index in [4.69, 9.17) is 10.00 Å². The predicted octanol–water partition coefficient (Wildman–Crippen LogP) is 4.38. The molecule has 0 aliphatic carbocycles. The molecule has 0 bridgehead atoms. The fourth-order valence-electron chi connectivity index (χ4n) is 1.74. The second-order valence-corrected chi connectivity index (χ2v) is 5.02. The molecule has 0 atom stereocenters. The maximum atomic E-state index is 9.13. The summed E-state index contributed by atoms with van der Waals surface area (Å²) in [6.07, 6.45) is 0.787. The third-order valence-corrected chi connectivity index (χ3v) is 3.18. The summed E-state index contributed by atoms with van der Waals surface area (Å²) >= 11 is 3.34. The van der Waals surface area contributed by atoms with E-state index in [9.17, 15) is 0 Å². The highest BCUT2D eigenvalue weighted by atomic mass is 79.9. The number of halogens is 1. The molecule has 0 saturated carbocycles. The Morgan fingerprint density at radius 1 is 1.26 bits per heavy atom. The van der Waals surface area contributed by atoms with Gasteiger partial charge in [-0.05, 0) is 43.7 Å². The summed E-state index contributed by atoms with van der Waals surface area (Å²) in [6, 6.07) is 11.3. The van der Waals surface area contributed by atoms with Gasteiger partial charge in [-0.25, -0.2) is 0 Å². The Kier molecular flexibility index (Phi) is 4.18. The number of aryl methyl sites for hydroxylation is 2. The fraction of sp³-hybridized carbons (Fsp3) is 0.200. The third kappa shape index (κ3) is 3.12. The van der Waals surface area contributed by atoms with E-state index in [2.05, 4.69) is 27.0 Å². The van der Waals surface area contributed by atoms with Crippen LogP contribution in [0.15, 0.2) is 34.8 Å². The topological polar surface area (TPSA) is 45.9 Å². The minimum Gasteiger partial charge on any atom is -0.454 e. The van der Waals surface area contributed by atoms with E-state index < -0.39 is 0 Å². The van der Waals surface area contributed by atoms with Crippen LogP contribution >= 0.6 is 15.9 Å². The minimum atomic E-state index is 0.497. The lowest BCUT2D eigenvalue weighted by molar-refractivity contribution is 0.471. The Balaban J connectivity index is 2.39. The molecule has 0 fully saturated rings. The van der Waals surface area contributed by atoms with Crippen LogP contribution in [0.3, 0.4) is 0 Å². The lowest BCUT2D eigenvalue weighted by atomic mass is 10.2. The van der Waals surface area contributed by atoms with E-state index in [-0.39, 0.29) is 0 Å². The van der Waals surface area contributed by atoms with Crippen LogP contribution in [0.4, 0.5) is 0 Å². The molecular formula is C15H13BrN2O. The molecule has 2 rings (SSSR count). The van der Waals surface area contributed by atoms with Crippen LogP contribution in [0.2, 0.25) is 0 Å². The van der Waals surface area contributed by atoms with Gasteiger partial charge < -0.3 is 4.74 Å². The Bertz CT molecular complexity index is 647. The van der Waals surface area contributed by atoms with E-state index in [0.717, 1.165) is 22.3 Å². The lowest BCUT2D eigenvalue weighted by Crippen LogP contribution is -1.96. The predicted molar refractivity (Wildman–Crippen MR) is 77.3 cm³/mol. The first-order valence-electron chi connectivity index (χ1n) is 5.98. The average Bonchev–Trinajstić information content (AvgIpc) is 2.42. The van der Waals surface area contributed by atoms with Crippen molar-refractivity contribution in [2.24, 2.45) is 0 Å². The van der Waals surface area contributed by atoms with Crippen molar-refractivity contribution in [1.82, 2.24) is 4.98 Å². The normalized spacial score (nSPS) is 10.0. The van der Waals surface area contributed by atoms with Crippen LogP contribution in [0, 0.1) is 18.3 Å². The molecule has 0 saturated heterocycles. The first kappa shape index (κ1) is 13.6. The van der Waals surface area contributed by atoms with Crippen molar-refractivity contribution in [1.29, 1.82) is 5.26 Å². The van der Waals surface area contributed by atoms with E-state index >= 15 is 0 Å². The van der Waals surface area contributed by atoms with Gasteiger partial charge in [0.2, 0.25) is 0 Å². The largest absolute Gasteiger partial charge is 0.454 e. The lowest BCUT2D eigenvalue weighted by Gasteiger charge is -2.11. The molecule has 1 aromatic carbocycles. The number of hydrogen-bond donors (Lipinski definition) is 0. The molecule has 0 aliphatic heterocycles. The van der Waals surface area contributed by atoms with Gasteiger partial charge in [-0.1, -0.05) is 22.9 Å². The Hall–Kier alpha value is -1.86. The van der Waals surface area contributed by atoms with Crippen LogP contribution in [0.1, 0.15) is 23.9 Å². The summed E-state index contributed by atoms with van der Waals surface area (Å²) in [4.78, 5) is 4.44.